The van der Waals surface area contributed by atoms with Crippen LogP contribution >= 0.6 is 0 Å². The van der Waals surface area contributed by atoms with E-state index in [9.17, 15) is 4.21 Å². The van der Waals surface area contributed by atoms with Crippen molar-refractivity contribution < 1.29 is 22.4 Å². The summed E-state index contributed by atoms with van der Waals surface area (Å²) >= 11 is -2.23. The van der Waals surface area contributed by atoms with E-state index in [1.54, 1.807) is 0 Å². The molecule has 0 aliphatic carbocycles. The molecule has 0 aromatic carbocycles. The lowest BCUT2D eigenvalue weighted by Crippen LogP contribution is -2.23. The van der Waals surface area contributed by atoms with Gasteiger partial charge in [0.25, 0.3) is 0 Å². The second-order valence-corrected chi connectivity index (χ2v) is 2.48. The topological polar surface area (TPSA) is 65.0 Å². The Morgan fingerprint density at radius 1 is 1.45 bits per heavy atom. The van der Waals surface area contributed by atoms with Gasteiger partial charge < -0.3 is 9.47 Å². The molecule has 6 heteroatoms. The van der Waals surface area contributed by atoms with Crippen LogP contribution in [0.5, 0.6) is 0 Å². The zero-order valence-corrected chi connectivity index (χ0v) is 7.30. The summed E-state index contributed by atoms with van der Waals surface area (Å²) in [6.07, 6.45) is -0.295. The molecule has 0 aliphatic rings. The third kappa shape index (κ3) is 6.39. The summed E-state index contributed by atoms with van der Waals surface area (Å²) in [7, 11) is 3.00. The molecule has 2 atom stereocenters. The van der Waals surface area contributed by atoms with Gasteiger partial charge in [-0.1, -0.05) is 0 Å². The van der Waals surface area contributed by atoms with Crippen LogP contribution in [0.4, 0.5) is 0 Å². The molecule has 11 heavy (non-hydrogen) atoms. The van der Waals surface area contributed by atoms with Crippen LogP contribution in [0.25, 0.3) is 0 Å². The average molecular weight is 184 g/mol. The number of hydrogen-bond acceptors (Lipinski definition) is 4. The second kappa shape index (κ2) is 6.68. The summed E-state index contributed by atoms with van der Waals surface area (Å²) in [4.78, 5) is 0. The molecule has 0 saturated carbocycles. The first kappa shape index (κ1) is 11.0. The molecule has 68 valence electrons. The Bertz CT molecular complexity index is 117. The maximum Gasteiger partial charge on any atom is 0.301 e. The highest BCUT2D eigenvalue weighted by Gasteiger charge is 2.08. The van der Waals surface area contributed by atoms with Gasteiger partial charge in [0, 0.05) is 14.2 Å². The summed E-state index contributed by atoms with van der Waals surface area (Å²) in [5, 5.41) is 0. The van der Waals surface area contributed by atoms with Crippen molar-refractivity contribution in [3.05, 3.63) is 0 Å². The average Bonchev–Trinajstić information content (AvgIpc) is 1.97. The molecule has 0 spiro atoms. The normalized spacial score (nSPS) is 16.3. The van der Waals surface area contributed by atoms with Crippen LogP contribution in [0.3, 0.4) is 0 Å². The molecule has 0 bridgehead atoms. The smallest absolute Gasteiger partial charge is 0.301 e. The quantitative estimate of drug-likeness (QED) is 0.579. The van der Waals surface area contributed by atoms with Gasteiger partial charge in [0.2, 0.25) is 0 Å². The van der Waals surface area contributed by atoms with Gasteiger partial charge in [-0.15, -0.1) is 0 Å². The van der Waals surface area contributed by atoms with Crippen LogP contribution in [-0.2, 0) is 25.0 Å². The van der Waals surface area contributed by atoms with E-state index >= 15 is 0 Å². The fourth-order valence-electron chi connectivity index (χ4n) is 0.504. The zero-order chi connectivity index (χ0) is 8.69. The molecule has 0 heterocycles. The van der Waals surface area contributed by atoms with Crippen LogP contribution in [0.1, 0.15) is 0 Å². The van der Waals surface area contributed by atoms with Crippen LogP contribution < -0.4 is 0 Å². The Morgan fingerprint density at radius 2 is 2.09 bits per heavy atom. The van der Waals surface area contributed by atoms with Crippen molar-refractivity contribution in [2.45, 2.75) is 6.10 Å². The molecule has 5 nitrogen and oxygen atoms in total. The molecular formula is C5H12O5S. The highest BCUT2D eigenvalue weighted by atomic mass is 32.2. The predicted octanol–water partition coefficient (Wildman–Crippen LogP) is -0.199. The van der Waals surface area contributed by atoms with Gasteiger partial charge in [0.15, 0.2) is 0 Å². The SMILES string of the molecule is COCC(COS(=O)O)OC. The molecule has 0 aromatic heterocycles. The summed E-state index contributed by atoms with van der Waals surface area (Å²) in [5.74, 6) is 0. The molecule has 0 aliphatic heterocycles. The van der Waals surface area contributed by atoms with E-state index in [1.165, 1.54) is 14.2 Å². The molecule has 0 fully saturated rings. The van der Waals surface area contributed by atoms with Crippen LogP contribution in [-0.4, -0.2) is 42.3 Å². The first-order valence-electron chi connectivity index (χ1n) is 2.96. The van der Waals surface area contributed by atoms with Crippen molar-refractivity contribution >= 4 is 11.4 Å². The molecular weight excluding hydrogens is 172 g/mol. The van der Waals surface area contributed by atoms with Gasteiger partial charge in [-0.2, -0.15) is 4.21 Å². The van der Waals surface area contributed by atoms with Crippen LogP contribution in [0, 0.1) is 0 Å². The fourth-order valence-corrected chi connectivity index (χ4v) is 0.772. The monoisotopic (exact) mass is 184 g/mol. The van der Waals surface area contributed by atoms with Crippen molar-refractivity contribution in [2.75, 3.05) is 27.4 Å². The number of rotatable bonds is 6. The molecule has 0 amide bonds. The Kier molecular flexibility index (Phi) is 6.68. The molecule has 0 rings (SSSR count). The van der Waals surface area contributed by atoms with Gasteiger partial charge in [0.1, 0.15) is 6.10 Å². The minimum atomic E-state index is -2.23. The fraction of sp³-hybridized carbons (Fsp3) is 1.00. The van der Waals surface area contributed by atoms with Crippen LogP contribution in [0.15, 0.2) is 0 Å². The Balaban J connectivity index is 3.43. The molecule has 0 saturated heterocycles. The number of methoxy groups -OCH3 is 2. The van der Waals surface area contributed by atoms with Crippen molar-refractivity contribution in [3.63, 3.8) is 0 Å². The van der Waals surface area contributed by atoms with Gasteiger partial charge in [0.05, 0.1) is 13.2 Å². The summed E-state index contributed by atoms with van der Waals surface area (Å²) in [5.41, 5.74) is 0. The lowest BCUT2D eigenvalue weighted by atomic mass is 10.4. The third-order valence-corrected chi connectivity index (χ3v) is 1.38. The third-order valence-electron chi connectivity index (χ3n) is 1.04. The van der Waals surface area contributed by atoms with Gasteiger partial charge in [-0.25, -0.2) is 0 Å². The maximum atomic E-state index is 10.0. The van der Waals surface area contributed by atoms with Crippen LogP contribution in [0.2, 0.25) is 0 Å². The summed E-state index contributed by atoms with van der Waals surface area (Å²) in [6.45, 7) is 0.390. The minimum Gasteiger partial charge on any atom is -0.382 e. The molecule has 0 radical (unpaired) electrons. The van der Waals surface area contributed by atoms with Crippen molar-refractivity contribution in [2.24, 2.45) is 0 Å². The molecule has 1 N–H and O–H groups in total. The van der Waals surface area contributed by atoms with E-state index in [4.69, 9.17) is 14.0 Å². The maximum absolute atomic E-state index is 10.0. The standard InChI is InChI=1S/C5H12O5S/c1-8-3-5(9-2)4-10-11(6)7/h5H,3-4H2,1-2H3,(H,6,7). The van der Waals surface area contributed by atoms with Crippen molar-refractivity contribution in [1.29, 1.82) is 0 Å². The van der Waals surface area contributed by atoms with E-state index in [2.05, 4.69) is 4.18 Å². The molecule has 2 unspecified atom stereocenters. The lowest BCUT2D eigenvalue weighted by molar-refractivity contribution is 0.00194. The first-order valence-corrected chi connectivity index (χ1v) is 3.99. The van der Waals surface area contributed by atoms with Crippen molar-refractivity contribution in [1.82, 2.24) is 0 Å². The molecule has 0 aromatic rings. The largest absolute Gasteiger partial charge is 0.382 e. The predicted molar refractivity (Wildman–Crippen MR) is 39.4 cm³/mol. The highest BCUT2D eigenvalue weighted by molar-refractivity contribution is 7.74. The number of hydrogen-bond donors (Lipinski definition) is 1. The Morgan fingerprint density at radius 3 is 2.45 bits per heavy atom. The second-order valence-electron chi connectivity index (χ2n) is 1.81. The van der Waals surface area contributed by atoms with Crippen molar-refractivity contribution in [3.8, 4) is 0 Å². The number of ether oxygens (including phenoxy) is 2. The van der Waals surface area contributed by atoms with Gasteiger partial charge >= 0.3 is 11.4 Å². The van der Waals surface area contributed by atoms with E-state index in [-0.39, 0.29) is 12.7 Å². The van der Waals surface area contributed by atoms with E-state index < -0.39 is 11.4 Å². The minimum absolute atomic E-state index is 0.0491. The highest BCUT2D eigenvalue weighted by Crippen LogP contribution is 1.93. The van der Waals surface area contributed by atoms with E-state index in [1.807, 2.05) is 0 Å². The zero-order valence-electron chi connectivity index (χ0n) is 6.48. The van der Waals surface area contributed by atoms with Gasteiger partial charge in [-0.3, -0.25) is 8.74 Å². The summed E-state index contributed by atoms with van der Waals surface area (Å²) < 4.78 is 32.2. The van der Waals surface area contributed by atoms with E-state index in [0.29, 0.717) is 6.61 Å². The van der Waals surface area contributed by atoms with Gasteiger partial charge in [-0.05, 0) is 0 Å². The van der Waals surface area contributed by atoms with E-state index in [0.717, 1.165) is 0 Å². The Hall–Kier alpha value is -0.0100. The lowest BCUT2D eigenvalue weighted by Gasteiger charge is -2.11. The summed E-state index contributed by atoms with van der Waals surface area (Å²) in [6, 6.07) is 0. The first-order chi connectivity index (χ1) is 5.20. The Labute approximate surface area is 68.1 Å².